The number of rotatable bonds is 5. The molecule has 0 bridgehead atoms. The van der Waals surface area contributed by atoms with Crippen LogP contribution in [0.5, 0.6) is 0 Å². The highest BCUT2D eigenvalue weighted by Crippen LogP contribution is 2.34. The summed E-state index contributed by atoms with van der Waals surface area (Å²) in [5.41, 5.74) is 0.437. The van der Waals surface area contributed by atoms with Crippen LogP contribution in [0.1, 0.15) is 37.6 Å². The van der Waals surface area contributed by atoms with Crippen molar-refractivity contribution in [3.63, 3.8) is 0 Å². The smallest absolute Gasteiger partial charge is 0.339 e. The molecule has 3 atom stereocenters. The van der Waals surface area contributed by atoms with E-state index >= 15 is 0 Å². The van der Waals surface area contributed by atoms with Gasteiger partial charge in [0.1, 0.15) is 5.69 Å². The highest BCUT2D eigenvalue weighted by molar-refractivity contribution is 5.93. The summed E-state index contributed by atoms with van der Waals surface area (Å²) in [7, 11) is 3.12. The van der Waals surface area contributed by atoms with Gasteiger partial charge in [0.05, 0.1) is 10.5 Å². The number of piperidine rings is 1. The first-order valence-corrected chi connectivity index (χ1v) is 9.05. The van der Waals surface area contributed by atoms with Gasteiger partial charge in [0.25, 0.3) is 11.6 Å². The van der Waals surface area contributed by atoms with Crippen molar-refractivity contribution in [3.8, 4) is 0 Å². The lowest BCUT2D eigenvalue weighted by Crippen LogP contribution is -2.39. The molecule has 1 aromatic carbocycles. The van der Waals surface area contributed by atoms with Crippen LogP contribution in [0.25, 0.3) is 0 Å². The number of nitro benzene ring substituents is 1. The minimum absolute atomic E-state index is 0.0574. The number of anilines is 1. The van der Waals surface area contributed by atoms with Gasteiger partial charge in [-0.1, -0.05) is 13.8 Å². The van der Waals surface area contributed by atoms with Crippen LogP contribution in [0.2, 0.25) is 0 Å². The molecule has 0 spiro atoms. The largest absolute Gasteiger partial charge is 0.449 e. The molecule has 1 aliphatic heterocycles. The average molecular weight is 377 g/mol. The van der Waals surface area contributed by atoms with Gasteiger partial charge >= 0.3 is 5.97 Å². The zero-order valence-electron chi connectivity index (χ0n) is 16.5. The highest BCUT2D eigenvalue weighted by Gasteiger charge is 2.29. The van der Waals surface area contributed by atoms with Crippen LogP contribution in [0.4, 0.5) is 11.4 Å². The van der Waals surface area contributed by atoms with Crippen LogP contribution in [0, 0.1) is 22.0 Å². The molecule has 0 unspecified atom stereocenters. The van der Waals surface area contributed by atoms with Crippen LogP contribution >= 0.6 is 0 Å². The van der Waals surface area contributed by atoms with Crippen LogP contribution < -0.4 is 4.90 Å². The fraction of sp³-hybridized carbons (Fsp3) is 0.579. The number of nitrogens with zero attached hydrogens (tertiary/aromatic N) is 3. The molecule has 0 radical (unpaired) electrons. The molecule has 8 heteroatoms. The Hall–Kier alpha value is -2.64. The monoisotopic (exact) mass is 377 g/mol. The third-order valence-electron chi connectivity index (χ3n) is 4.69. The Balaban J connectivity index is 2.26. The number of esters is 1. The maximum atomic E-state index is 12.3. The molecule has 0 saturated carbocycles. The molecular weight excluding hydrogens is 350 g/mol. The number of benzene rings is 1. The Morgan fingerprint density at radius 2 is 1.85 bits per heavy atom. The molecular formula is C19H27N3O5. The molecule has 0 N–H and O–H groups in total. The molecule has 1 aliphatic rings. The standard InChI is InChI=1S/C19H27N3O5/c1-12-8-13(2)11-21(10-12)16-7-6-15(9-17(16)22(25)26)19(24)27-14(3)18(23)20(4)5/h6-7,9,12-14H,8,10-11H2,1-5H3/t12-,13+,14-/m0/s1. The Morgan fingerprint density at radius 3 is 2.37 bits per heavy atom. The summed E-state index contributed by atoms with van der Waals surface area (Å²) in [5, 5.41) is 11.6. The minimum atomic E-state index is -0.963. The van der Waals surface area contributed by atoms with E-state index < -0.39 is 17.0 Å². The van der Waals surface area contributed by atoms with Crippen molar-refractivity contribution in [2.75, 3.05) is 32.1 Å². The van der Waals surface area contributed by atoms with Crippen LogP contribution in [0.15, 0.2) is 18.2 Å². The second-order valence-corrected chi connectivity index (χ2v) is 7.59. The fourth-order valence-corrected chi connectivity index (χ4v) is 3.57. The number of ether oxygens (including phenoxy) is 1. The number of hydrogen-bond acceptors (Lipinski definition) is 6. The fourth-order valence-electron chi connectivity index (χ4n) is 3.57. The summed E-state index contributed by atoms with van der Waals surface area (Å²) in [6.07, 6.45) is 0.127. The quantitative estimate of drug-likeness (QED) is 0.445. The third kappa shape index (κ3) is 4.96. The van der Waals surface area contributed by atoms with Gasteiger partial charge in [-0.15, -0.1) is 0 Å². The Morgan fingerprint density at radius 1 is 1.26 bits per heavy atom. The van der Waals surface area contributed by atoms with Crippen molar-refractivity contribution >= 4 is 23.3 Å². The lowest BCUT2D eigenvalue weighted by Gasteiger charge is -2.36. The lowest BCUT2D eigenvalue weighted by molar-refractivity contribution is -0.384. The van der Waals surface area contributed by atoms with Crippen LogP contribution in [0.3, 0.4) is 0 Å². The third-order valence-corrected chi connectivity index (χ3v) is 4.69. The van der Waals surface area contributed by atoms with E-state index in [2.05, 4.69) is 13.8 Å². The predicted molar refractivity (Wildman–Crippen MR) is 102 cm³/mol. The SMILES string of the molecule is C[C@@H]1C[C@H](C)CN(c2ccc(C(=O)O[C@@H](C)C(=O)N(C)C)cc2[N+](=O)[O-])C1. The summed E-state index contributed by atoms with van der Waals surface area (Å²) in [6, 6.07) is 4.34. The van der Waals surface area contributed by atoms with Crippen molar-refractivity contribution in [1.82, 2.24) is 4.90 Å². The molecule has 2 rings (SSSR count). The van der Waals surface area contributed by atoms with Gasteiger partial charge in [-0.2, -0.15) is 0 Å². The molecule has 1 heterocycles. The lowest BCUT2D eigenvalue weighted by atomic mass is 9.91. The van der Waals surface area contributed by atoms with E-state index in [0.717, 1.165) is 19.5 Å². The summed E-state index contributed by atoms with van der Waals surface area (Å²) in [5.74, 6) is -0.231. The number of carbonyl (C=O) groups is 2. The second-order valence-electron chi connectivity index (χ2n) is 7.59. The van der Waals surface area contributed by atoms with Crippen LogP contribution in [-0.2, 0) is 9.53 Å². The first kappa shape index (κ1) is 20.7. The summed E-state index contributed by atoms with van der Waals surface area (Å²) in [6.45, 7) is 7.21. The van der Waals surface area contributed by atoms with Gasteiger partial charge < -0.3 is 14.5 Å². The predicted octanol–water partition coefficient (Wildman–Crippen LogP) is 2.71. The van der Waals surface area contributed by atoms with Gasteiger partial charge in [0.2, 0.25) is 0 Å². The van der Waals surface area contributed by atoms with Crippen molar-refractivity contribution in [1.29, 1.82) is 0 Å². The summed E-state index contributed by atoms with van der Waals surface area (Å²) < 4.78 is 5.15. The van der Waals surface area contributed by atoms with E-state index in [1.54, 1.807) is 20.2 Å². The summed E-state index contributed by atoms with van der Waals surface area (Å²) >= 11 is 0. The first-order chi connectivity index (χ1) is 12.6. The molecule has 1 aromatic rings. The number of amides is 1. The Kier molecular flexibility index (Phi) is 6.41. The Labute approximate surface area is 159 Å². The highest BCUT2D eigenvalue weighted by atomic mass is 16.6. The van der Waals surface area contributed by atoms with Crippen molar-refractivity contribution < 1.29 is 19.2 Å². The van der Waals surface area contributed by atoms with Crippen molar-refractivity contribution in [3.05, 3.63) is 33.9 Å². The van der Waals surface area contributed by atoms with E-state index in [1.807, 2.05) is 4.90 Å². The molecule has 0 aromatic heterocycles. The molecule has 1 saturated heterocycles. The number of carbonyl (C=O) groups excluding carboxylic acids is 2. The van der Waals surface area contributed by atoms with Gasteiger partial charge in [0, 0.05) is 33.3 Å². The average Bonchev–Trinajstić information content (AvgIpc) is 2.59. The maximum Gasteiger partial charge on any atom is 0.339 e. The second kappa shape index (κ2) is 8.37. The van der Waals surface area contributed by atoms with E-state index in [-0.39, 0.29) is 17.2 Å². The normalized spacial score (nSPS) is 20.7. The Bertz CT molecular complexity index is 724. The van der Waals surface area contributed by atoms with E-state index in [4.69, 9.17) is 4.74 Å². The number of hydrogen-bond donors (Lipinski definition) is 0. The molecule has 27 heavy (non-hydrogen) atoms. The molecule has 1 fully saturated rings. The minimum Gasteiger partial charge on any atom is -0.449 e. The molecule has 148 valence electrons. The first-order valence-electron chi connectivity index (χ1n) is 9.05. The topological polar surface area (TPSA) is 93.0 Å². The van der Waals surface area contributed by atoms with E-state index in [0.29, 0.717) is 17.5 Å². The molecule has 1 amide bonds. The molecule has 8 nitrogen and oxygen atoms in total. The number of likely N-dealkylation sites (N-methyl/N-ethyl adjacent to an activating group) is 1. The summed E-state index contributed by atoms with van der Waals surface area (Å²) in [4.78, 5) is 38.6. The van der Waals surface area contributed by atoms with Gasteiger partial charge in [-0.25, -0.2) is 4.79 Å². The zero-order valence-corrected chi connectivity index (χ0v) is 16.5. The number of nitro groups is 1. The maximum absolute atomic E-state index is 12.3. The van der Waals surface area contributed by atoms with Crippen molar-refractivity contribution in [2.45, 2.75) is 33.3 Å². The van der Waals surface area contributed by atoms with Gasteiger partial charge in [0.15, 0.2) is 6.10 Å². The van der Waals surface area contributed by atoms with E-state index in [1.165, 1.54) is 24.0 Å². The van der Waals surface area contributed by atoms with Crippen molar-refractivity contribution in [2.24, 2.45) is 11.8 Å². The van der Waals surface area contributed by atoms with E-state index in [9.17, 15) is 19.7 Å². The molecule has 0 aliphatic carbocycles. The van der Waals surface area contributed by atoms with Gasteiger partial charge in [-0.05, 0) is 37.3 Å². The van der Waals surface area contributed by atoms with Gasteiger partial charge in [-0.3, -0.25) is 14.9 Å². The van der Waals surface area contributed by atoms with Crippen LogP contribution in [-0.4, -0.2) is 55.0 Å². The zero-order chi connectivity index (χ0) is 20.3.